The van der Waals surface area contributed by atoms with Gasteiger partial charge in [-0.1, -0.05) is 29.8 Å². The van der Waals surface area contributed by atoms with Crippen molar-refractivity contribution in [1.82, 2.24) is 10.0 Å². The molecule has 7 heteroatoms. The van der Waals surface area contributed by atoms with Crippen LogP contribution in [0.15, 0.2) is 53.4 Å². The molecule has 0 aliphatic heterocycles. The lowest BCUT2D eigenvalue weighted by molar-refractivity contribution is -0.114. The van der Waals surface area contributed by atoms with Gasteiger partial charge in [0.05, 0.1) is 4.90 Å². The average Bonchev–Trinajstić information content (AvgIpc) is 2.59. The van der Waals surface area contributed by atoms with E-state index in [9.17, 15) is 18.0 Å². The van der Waals surface area contributed by atoms with Gasteiger partial charge in [0.2, 0.25) is 0 Å². The summed E-state index contributed by atoms with van der Waals surface area (Å²) in [6.45, 7) is 3.54. The molecule has 2 amide bonds. The van der Waals surface area contributed by atoms with E-state index in [1.165, 1.54) is 19.2 Å². The molecule has 0 aliphatic carbocycles. The summed E-state index contributed by atoms with van der Waals surface area (Å²) in [4.78, 5) is 23.5. The van der Waals surface area contributed by atoms with E-state index in [1.54, 1.807) is 43.3 Å². The van der Waals surface area contributed by atoms with Crippen LogP contribution < -0.4 is 10.0 Å². The van der Waals surface area contributed by atoms with E-state index >= 15 is 0 Å². The van der Waals surface area contributed by atoms with E-state index in [4.69, 9.17) is 0 Å². The highest BCUT2D eigenvalue weighted by Crippen LogP contribution is 2.16. The number of sulfonamides is 1. The number of hydrogen-bond donors (Lipinski definition) is 2. The summed E-state index contributed by atoms with van der Waals surface area (Å²) in [5.74, 6) is -0.960. The van der Waals surface area contributed by atoms with Crippen LogP contribution in [0.4, 0.5) is 0 Å². The molecule has 0 radical (unpaired) electrons. The second-order valence-electron chi connectivity index (χ2n) is 5.77. The number of hydrogen-bond acceptors (Lipinski definition) is 4. The zero-order chi connectivity index (χ0) is 19.3. The molecule has 0 spiro atoms. The Bertz CT molecular complexity index is 962. The van der Waals surface area contributed by atoms with Crippen molar-refractivity contribution in [3.05, 3.63) is 70.8 Å². The molecule has 2 aromatic carbocycles. The molecule has 0 saturated heterocycles. The van der Waals surface area contributed by atoms with Gasteiger partial charge in [0, 0.05) is 18.7 Å². The molecule has 0 fully saturated rings. The Morgan fingerprint density at radius 1 is 1.00 bits per heavy atom. The van der Waals surface area contributed by atoms with E-state index in [2.05, 4.69) is 5.32 Å². The summed E-state index contributed by atoms with van der Waals surface area (Å²) in [6.07, 6.45) is 2.61. The maximum absolute atomic E-state index is 12.3. The molecule has 2 rings (SSSR count). The molecule has 0 aliphatic rings. The number of benzene rings is 2. The van der Waals surface area contributed by atoms with Gasteiger partial charge >= 0.3 is 0 Å². The molecule has 2 N–H and O–H groups in total. The predicted octanol–water partition coefficient (Wildman–Crippen LogP) is 2.18. The molecular formula is C19H20N2O4S. The first kappa shape index (κ1) is 19.4. The third-order valence-electron chi connectivity index (χ3n) is 3.68. The first-order valence-corrected chi connectivity index (χ1v) is 9.35. The maximum atomic E-state index is 12.3. The molecule has 0 aromatic heterocycles. The van der Waals surface area contributed by atoms with Gasteiger partial charge in [0.25, 0.3) is 21.8 Å². The fraction of sp³-hybridized carbons (Fsp3) is 0.158. The molecule has 0 bridgehead atoms. The number of nitrogens with one attached hydrogen (secondary N) is 2. The lowest BCUT2D eigenvalue weighted by Gasteiger charge is -2.08. The molecule has 0 atom stereocenters. The number of carbonyl (C=O) groups is 2. The van der Waals surface area contributed by atoms with Crippen molar-refractivity contribution in [3.8, 4) is 0 Å². The molecule has 136 valence electrons. The minimum Gasteiger partial charge on any atom is -0.355 e. The topological polar surface area (TPSA) is 92.3 Å². The highest BCUT2D eigenvalue weighted by molar-refractivity contribution is 7.90. The van der Waals surface area contributed by atoms with Crippen LogP contribution in [0.5, 0.6) is 0 Å². The van der Waals surface area contributed by atoms with E-state index in [0.29, 0.717) is 16.7 Å². The van der Waals surface area contributed by atoms with Gasteiger partial charge in [-0.25, -0.2) is 13.1 Å². The van der Waals surface area contributed by atoms with Crippen molar-refractivity contribution in [2.45, 2.75) is 18.7 Å². The predicted molar refractivity (Wildman–Crippen MR) is 100 cm³/mol. The molecule has 0 unspecified atom stereocenters. The minimum absolute atomic E-state index is 0.0692. The SMILES string of the molecule is CNC(=O)c1ccc(/C=C/C(=O)NS(=O)(=O)c2ccc(C)cc2C)cc1. The van der Waals surface area contributed by atoms with Crippen molar-refractivity contribution >= 4 is 27.9 Å². The van der Waals surface area contributed by atoms with Crippen LogP contribution in [0.25, 0.3) is 6.08 Å². The highest BCUT2D eigenvalue weighted by atomic mass is 32.2. The van der Waals surface area contributed by atoms with Crippen molar-refractivity contribution < 1.29 is 18.0 Å². The maximum Gasteiger partial charge on any atom is 0.264 e. The molecule has 2 aromatic rings. The lowest BCUT2D eigenvalue weighted by Crippen LogP contribution is -2.29. The zero-order valence-electron chi connectivity index (χ0n) is 14.7. The van der Waals surface area contributed by atoms with E-state index in [-0.39, 0.29) is 10.8 Å². The Kier molecular flexibility index (Phi) is 5.94. The molecule has 6 nitrogen and oxygen atoms in total. The fourth-order valence-electron chi connectivity index (χ4n) is 2.38. The molecule has 0 heterocycles. The summed E-state index contributed by atoms with van der Waals surface area (Å²) in [5.41, 5.74) is 2.66. The second-order valence-corrected chi connectivity index (χ2v) is 7.42. The standard InChI is InChI=1S/C19H20N2O4S/c1-13-4-10-17(14(2)12-13)26(24,25)21-18(22)11-7-15-5-8-16(9-6-15)19(23)20-3/h4-12H,1-3H3,(H,20,23)(H,21,22)/b11-7+. The fourth-order valence-corrected chi connectivity index (χ4v) is 3.56. The van der Waals surface area contributed by atoms with Gasteiger partial charge in [-0.15, -0.1) is 0 Å². The van der Waals surface area contributed by atoms with Crippen molar-refractivity contribution in [2.24, 2.45) is 0 Å². The summed E-state index contributed by atoms with van der Waals surface area (Å²) in [5, 5.41) is 2.51. The van der Waals surface area contributed by atoms with Crippen molar-refractivity contribution in [2.75, 3.05) is 7.05 Å². The number of amides is 2. The monoisotopic (exact) mass is 372 g/mol. The summed E-state index contributed by atoms with van der Waals surface area (Å²) >= 11 is 0. The van der Waals surface area contributed by atoms with Crippen LogP contribution >= 0.6 is 0 Å². The van der Waals surface area contributed by atoms with Gasteiger partial charge < -0.3 is 5.32 Å². The van der Waals surface area contributed by atoms with E-state index in [0.717, 1.165) is 11.6 Å². The van der Waals surface area contributed by atoms with Gasteiger partial charge in [-0.3, -0.25) is 9.59 Å². The smallest absolute Gasteiger partial charge is 0.264 e. The Hall–Kier alpha value is -2.93. The van der Waals surface area contributed by atoms with Gasteiger partial charge in [-0.05, 0) is 49.2 Å². The molecule has 0 saturated carbocycles. The summed E-state index contributed by atoms with van der Waals surface area (Å²) in [6, 6.07) is 11.4. The Labute approximate surface area is 153 Å². The Morgan fingerprint density at radius 3 is 2.23 bits per heavy atom. The quantitative estimate of drug-likeness (QED) is 0.787. The number of aryl methyl sites for hydroxylation is 2. The lowest BCUT2D eigenvalue weighted by atomic mass is 10.1. The molecule has 26 heavy (non-hydrogen) atoms. The third kappa shape index (κ3) is 4.80. The summed E-state index contributed by atoms with van der Waals surface area (Å²) < 4.78 is 26.7. The van der Waals surface area contributed by atoms with Crippen LogP contribution in [-0.2, 0) is 14.8 Å². The van der Waals surface area contributed by atoms with Gasteiger partial charge in [0.15, 0.2) is 0 Å². The largest absolute Gasteiger partial charge is 0.355 e. The normalized spacial score (nSPS) is 11.3. The van der Waals surface area contributed by atoms with Crippen LogP contribution in [0.2, 0.25) is 0 Å². The first-order chi connectivity index (χ1) is 12.2. The van der Waals surface area contributed by atoms with Crippen LogP contribution in [-0.4, -0.2) is 27.3 Å². The Balaban J connectivity index is 2.10. The van der Waals surface area contributed by atoms with E-state index < -0.39 is 15.9 Å². The van der Waals surface area contributed by atoms with Crippen LogP contribution in [0, 0.1) is 13.8 Å². The van der Waals surface area contributed by atoms with Crippen LogP contribution in [0.3, 0.4) is 0 Å². The average molecular weight is 372 g/mol. The highest BCUT2D eigenvalue weighted by Gasteiger charge is 2.18. The number of carbonyl (C=O) groups excluding carboxylic acids is 2. The van der Waals surface area contributed by atoms with Crippen molar-refractivity contribution in [1.29, 1.82) is 0 Å². The van der Waals surface area contributed by atoms with Gasteiger partial charge in [-0.2, -0.15) is 0 Å². The summed E-state index contributed by atoms with van der Waals surface area (Å²) in [7, 11) is -2.40. The number of rotatable bonds is 5. The van der Waals surface area contributed by atoms with Crippen molar-refractivity contribution in [3.63, 3.8) is 0 Å². The first-order valence-electron chi connectivity index (χ1n) is 7.87. The molecular weight excluding hydrogens is 352 g/mol. The Morgan fingerprint density at radius 2 is 1.65 bits per heavy atom. The third-order valence-corrected chi connectivity index (χ3v) is 5.19. The van der Waals surface area contributed by atoms with Crippen LogP contribution in [0.1, 0.15) is 27.0 Å². The minimum atomic E-state index is -3.94. The second kappa shape index (κ2) is 7.97. The zero-order valence-corrected chi connectivity index (χ0v) is 15.6. The van der Waals surface area contributed by atoms with E-state index in [1.807, 2.05) is 11.6 Å². The van der Waals surface area contributed by atoms with Gasteiger partial charge in [0.1, 0.15) is 0 Å².